The van der Waals surface area contributed by atoms with Crippen LogP contribution in [0.1, 0.15) is 34.3 Å². The van der Waals surface area contributed by atoms with Crippen molar-refractivity contribution in [2.75, 3.05) is 32.8 Å². The van der Waals surface area contributed by atoms with Gasteiger partial charge in [-0.05, 0) is 37.1 Å². The summed E-state index contributed by atoms with van der Waals surface area (Å²) >= 11 is 1.50. The number of amides is 1. The summed E-state index contributed by atoms with van der Waals surface area (Å²) in [4.78, 5) is 36.4. The summed E-state index contributed by atoms with van der Waals surface area (Å²) in [5.41, 5.74) is 1.75. The van der Waals surface area contributed by atoms with Crippen LogP contribution in [0.25, 0.3) is 10.2 Å². The van der Waals surface area contributed by atoms with E-state index >= 15 is 0 Å². The fourth-order valence-corrected chi connectivity index (χ4v) is 5.03. The molecule has 3 aromatic rings. The molecular formula is C23H27FN4O3S. The molecule has 0 saturated carbocycles. The summed E-state index contributed by atoms with van der Waals surface area (Å²) in [6, 6.07) is 6.34. The Bertz CT molecular complexity index is 1150. The molecule has 1 fully saturated rings. The Labute approximate surface area is 189 Å². The minimum absolute atomic E-state index is 0.0604. The normalized spacial score (nSPS) is 15.7. The molecule has 3 heterocycles. The number of aryl methyl sites for hydroxylation is 3. The van der Waals surface area contributed by atoms with Crippen molar-refractivity contribution < 1.29 is 13.9 Å². The third-order valence-electron chi connectivity index (χ3n) is 5.91. The molecule has 1 amide bonds. The molecule has 170 valence electrons. The Morgan fingerprint density at radius 1 is 1.28 bits per heavy atom. The number of aromatic nitrogens is 2. The van der Waals surface area contributed by atoms with E-state index in [1.807, 2.05) is 13.8 Å². The molecule has 2 aromatic heterocycles. The Balaban J connectivity index is 1.39. The maximum Gasteiger partial charge on any atom is 0.259 e. The van der Waals surface area contributed by atoms with Crippen molar-refractivity contribution in [1.29, 1.82) is 0 Å². The first kappa shape index (κ1) is 22.6. The zero-order valence-corrected chi connectivity index (χ0v) is 19.1. The van der Waals surface area contributed by atoms with Crippen LogP contribution in [0.5, 0.6) is 0 Å². The number of hydrogen-bond acceptors (Lipinski definition) is 6. The summed E-state index contributed by atoms with van der Waals surface area (Å²) in [7, 11) is 0. The third kappa shape index (κ3) is 5.06. The van der Waals surface area contributed by atoms with Crippen molar-refractivity contribution in [2.45, 2.75) is 32.7 Å². The van der Waals surface area contributed by atoms with Crippen molar-refractivity contribution in [2.24, 2.45) is 0 Å². The molecule has 4 rings (SSSR count). The summed E-state index contributed by atoms with van der Waals surface area (Å²) in [5.74, 6) is 0.113. The second-order valence-corrected chi connectivity index (χ2v) is 9.20. The number of carbonyl (C=O) groups is 1. The van der Waals surface area contributed by atoms with Gasteiger partial charge in [0.1, 0.15) is 16.5 Å². The summed E-state index contributed by atoms with van der Waals surface area (Å²) in [5, 5.41) is 3.63. The van der Waals surface area contributed by atoms with Crippen molar-refractivity contribution in [3.8, 4) is 0 Å². The van der Waals surface area contributed by atoms with Crippen LogP contribution >= 0.6 is 11.3 Å². The molecule has 0 bridgehead atoms. The van der Waals surface area contributed by atoms with E-state index < -0.39 is 0 Å². The minimum Gasteiger partial charge on any atom is -0.379 e. The third-order valence-corrected chi connectivity index (χ3v) is 7.01. The van der Waals surface area contributed by atoms with E-state index in [0.29, 0.717) is 42.2 Å². The predicted molar refractivity (Wildman–Crippen MR) is 123 cm³/mol. The number of halogens is 1. The predicted octanol–water partition coefficient (Wildman–Crippen LogP) is 2.86. The molecule has 1 aliphatic heterocycles. The minimum atomic E-state index is -0.284. The molecule has 9 heteroatoms. The topological polar surface area (TPSA) is 87.3 Å². The van der Waals surface area contributed by atoms with E-state index in [1.54, 1.807) is 12.1 Å². The molecular weight excluding hydrogens is 431 g/mol. The summed E-state index contributed by atoms with van der Waals surface area (Å²) < 4.78 is 18.8. The first-order chi connectivity index (χ1) is 15.4. The highest BCUT2D eigenvalue weighted by molar-refractivity contribution is 7.18. The lowest BCUT2D eigenvalue weighted by Gasteiger charge is -2.35. The standard InChI is InChI=1S/C23H27FN4O3S/c1-14-15(2)32-23-21(14)22(30)26-19(27-23)7-8-20(29)25-13-18(28-9-11-31-12-10-28)16-3-5-17(24)6-4-16/h3-6,18H,7-13H2,1-2H3,(H,25,29)(H,26,27,30). The zero-order valence-electron chi connectivity index (χ0n) is 18.2. The van der Waals surface area contributed by atoms with Crippen LogP contribution in [-0.2, 0) is 16.0 Å². The highest BCUT2D eigenvalue weighted by atomic mass is 32.1. The fourth-order valence-electron chi connectivity index (χ4n) is 3.98. The van der Waals surface area contributed by atoms with Gasteiger partial charge in [-0.2, -0.15) is 0 Å². The lowest BCUT2D eigenvalue weighted by molar-refractivity contribution is -0.121. The zero-order chi connectivity index (χ0) is 22.7. The first-order valence-corrected chi connectivity index (χ1v) is 11.6. The molecule has 1 aliphatic rings. The van der Waals surface area contributed by atoms with Gasteiger partial charge in [0, 0.05) is 37.4 Å². The number of morpholine rings is 1. The van der Waals surface area contributed by atoms with Gasteiger partial charge < -0.3 is 15.0 Å². The van der Waals surface area contributed by atoms with Gasteiger partial charge >= 0.3 is 0 Å². The number of ether oxygens (including phenoxy) is 1. The second-order valence-electron chi connectivity index (χ2n) is 8.00. The molecule has 32 heavy (non-hydrogen) atoms. The molecule has 1 saturated heterocycles. The maximum absolute atomic E-state index is 13.4. The lowest BCUT2D eigenvalue weighted by atomic mass is 10.0. The highest BCUT2D eigenvalue weighted by Crippen LogP contribution is 2.26. The van der Waals surface area contributed by atoms with Gasteiger partial charge in [0.25, 0.3) is 5.56 Å². The van der Waals surface area contributed by atoms with Crippen LogP contribution in [0.3, 0.4) is 0 Å². The molecule has 0 spiro atoms. The quantitative estimate of drug-likeness (QED) is 0.569. The molecule has 2 N–H and O–H groups in total. The largest absolute Gasteiger partial charge is 0.379 e. The number of nitrogens with zero attached hydrogens (tertiary/aromatic N) is 2. The van der Waals surface area contributed by atoms with E-state index in [4.69, 9.17) is 4.74 Å². The second kappa shape index (κ2) is 9.89. The van der Waals surface area contributed by atoms with Crippen LogP contribution in [0.4, 0.5) is 4.39 Å². The molecule has 1 aromatic carbocycles. The number of benzene rings is 1. The van der Waals surface area contributed by atoms with E-state index in [-0.39, 0.29) is 29.7 Å². The van der Waals surface area contributed by atoms with Crippen molar-refractivity contribution in [3.05, 3.63) is 62.3 Å². The Morgan fingerprint density at radius 2 is 2.00 bits per heavy atom. The number of rotatable bonds is 7. The Kier molecular flexibility index (Phi) is 6.98. The SMILES string of the molecule is Cc1sc2nc(CCC(=O)NCC(c3ccc(F)cc3)N3CCOCC3)[nH]c(=O)c2c1C. The van der Waals surface area contributed by atoms with Gasteiger partial charge in [0.2, 0.25) is 5.91 Å². The molecule has 1 atom stereocenters. The Hall–Kier alpha value is -2.62. The van der Waals surface area contributed by atoms with Gasteiger partial charge in [0.15, 0.2) is 0 Å². The van der Waals surface area contributed by atoms with E-state index in [1.165, 1.54) is 23.5 Å². The number of hydrogen-bond donors (Lipinski definition) is 2. The van der Waals surface area contributed by atoms with Crippen LogP contribution in [0, 0.1) is 19.7 Å². The average Bonchev–Trinajstić information content (AvgIpc) is 3.08. The molecule has 1 unspecified atom stereocenters. The molecule has 0 aliphatic carbocycles. The fraction of sp³-hybridized carbons (Fsp3) is 0.435. The van der Waals surface area contributed by atoms with Gasteiger partial charge in [0.05, 0.1) is 24.6 Å². The van der Waals surface area contributed by atoms with Crippen molar-refractivity contribution in [3.63, 3.8) is 0 Å². The smallest absolute Gasteiger partial charge is 0.259 e. The molecule has 0 radical (unpaired) electrons. The van der Waals surface area contributed by atoms with Gasteiger partial charge in [-0.15, -0.1) is 11.3 Å². The van der Waals surface area contributed by atoms with Crippen molar-refractivity contribution >= 4 is 27.5 Å². The number of nitrogens with one attached hydrogen (secondary N) is 2. The first-order valence-electron chi connectivity index (χ1n) is 10.7. The molecule has 7 nitrogen and oxygen atoms in total. The highest BCUT2D eigenvalue weighted by Gasteiger charge is 2.23. The van der Waals surface area contributed by atoms with Gasteiger partial charge in [-0.3, -0.25) is 14.5 Å². The van der Waals surface area contributed by atoms with Crippen LogP contribution in [0.2, 0.25) is 0 Å². The number of aromatic amines is 1. The summed E-state index contributed by atoms with van der Waals surface area (Å²) in [6.45, 7) is 7.08. The van der Waals surface area contributed by atoms with Gasteiger partial charge in [-0.1, -0.05) is 12.1 Å². The van der Waals surface area contributed by atoms with E-state index in [2.05, 4.69) is 20.2 Å². The van der Waals surface area contributed by atoms with E-state index in [9.17, 15) is 14.0 Å². The van der Waals surface area contributed by atoms with Gasteiger partial charge in [-0.25, -0.2) is 9.37 Å². The summed E-state index contributed by atoms with van der Waals surface area (Å²) in [6.07, 6.45) is 0.572. The number of carbonyl (C=O) groups excluding carboxylic acids is 1. The maximum atomic E-state index is 13.4. The number of fused-ring (bicyclic) bond motifs is 1. The Morgan fingerprint density at radius 3 is 2.72 bits per heavy atom. The van der Waals surface area contributed by atoms with Crippen LogP contribution < -0.4 is 10.9 Å². The monoisotopic (exact) mass is 458 g/mol. The number of H-pyrrole nitrogens is 1. The average molecular weight is 459 g/mol. The van der Waals surface area contributed by atoms with Crippen molar-refractivity contribution in [1.82, 2.24) is 20.2 Å². The van der Waals surface area contributed by atoms with Crippen LogP contribution in [-0.4, -0.2) is 53.6 Å². The number of thiophene rings is 1. The lowest BCUT2D eigenvalue weighted by Crippen LogP contribution is -2.43. The van der Waals surface area contributed by atoms with E-state index in [0.717, 1.165) is 29.1 Å². The van der Waals surface area contributed by atoms with Crippen LogP contribution in [0.15, 0.2) is 29.1 Å².